The first-order chi connectivity index (χ1) is 5.55. The van der Waals surface area contributed by atoms with Crippen molar-refractivity contribution in [1.82, 2.24) is 0 Å². The van der Waals surface area contributed by atoms with Crippen molar-refractivity contribution in [3.63, 3.8) is 0 Å². The van der Waals surface area contributed by atoms with Crippen LogP contribution in [-0.4, -0.2) is 17.0 Å². The molecule has 0 saturated heterocycles. The molecule has 3 atom stereocenters. The van der Waals surface area contributed by atoms with Crippen LogP contribution in [0, 0.1) is 11.3 Å². The number of hydrogen-bond acceptors (Lipinski definition) is 2. The normalized spacial score (nSPS) is 46.2. The highest BCUT2D eigenvalue weighted by Gasteiger charge is 2.49. The Hall–Kier alpha value is -0.630. The first-order valence-electron chi connectivity index (χ1n) is 4.49. The predicted octanol–water partition coefficient (Wildman–Crippen LogP) is 1.29. The number of allylic oxidation sites excluding steroid dienone is 1. The van der Waals surface area contributed by atoms with E-state index in [-0.39, 0.29) is 23.2 Å². The minimum atomic E-state index is -0.358. The van der Waals surface area contributed by atoms with Gasteiger partial charge in [0.25, 0.3) is 0 Å². The molecular formula is C10H14O2. The second-order valence-electron chi connectivity index (χ2n) is 4.20. The number of carbonyl (C=O) groups is 1. The summed E-state index contributed by atoms with van der Waals surface area (Å²) in [6.07, 6.45) is 3.07. The van der Waals surface area contributed by atoms with E-state index in [4.69, 9.17) is 0 Å². The lowest BCUT2D eigenvalue weighted by Gasteiger charge is -2.25. The zero-order valence-corrected chi connectivity index (χ0v) is 7.50. The monoisotopic (exact) mass is 166 g/mol. The molecule has 0 amide bonds. The van der Waals surface area contributed by atoms with Crippen LogP contribution >= 0.6 is 0 Å². The molecule has 1 N–H and O–H groups in total. The fourth-order valence-corrected chi connectivity index (χ4v) is 2.44. The molecule has 1 saturated carbocycles. The number of aliphatic hydroxyl groups is 1. The smallest absolute Gasteiger partial charge is 0.159 e. The van der Waals surface area contributed by atoms with Gasteiger partial charge in [-0.3, -0.25) is 4.79 Å². The molecule has 2 rings (SSSR count). The van der Waals surface area contributed by atoms with E-state index in [1.54, 1.807) is 6.08 Å². The van der Waals surface area contributed by atoms with Gasteiger partial charge in [-0.1, -0.05) is 13.8 Å². The van der Waals surface area contributed by atoms with Crippen LogP contribution in [0.2, 0.25) is 0 Å². The van der Waals surface area contributed by atoms with Crippen molar-refractivity contribution >= 4 is 5.78 Å². The van der Waals surface area contributed by atoms with Crippen molar-refractivity contribution in [1.29, 1.82) is 0 Å². The van der Waals surface area contributed by atoms with Crippen LogP contribution in [0.1, 0.15) is 26.7 Å². The van der Waals surface area contributed by atoms with Gasteiger partial charge in [0, 0.05) is 11.3 Å². The molecule has 66 valence electrons. The number of hydrogen-bond donors (Lipinski definition) is 1. The van der Waals surface area contributed by atoms with Crippen LogP contribution < -0.4 is 0 Å². The van der Waals surface area contributed by atoms with E-state index >= 15 is 0 Å². The lowest BCUT2D eigenvalue weighted by molar-refractivity contribution is -0.119. The van der Waals surface area contributed by atoms with Crippen molar-refractivity contribution < 1.29 is 9.90 Å². The molecule has 2 nitrogen and oxygen atoms in total. The van der Waals surface area contributed by atoms with Crippen molar-refractivity contribution in [3.05, 3.63) is 11.6 Å². The Morgan fingerprint density at radius 3 is 2.92 bits per heavy atom. The number of rotatable bonds is 0. The first kappa shape index (κ1) is 7.99. The molecule has 0 spiro atoms. The van der Waals surface area contributed by atoms with E-state index in [0.29, 0.717) is 0 Å². The average molecular weight is 166 g/mol. The van der Waals surface area contributed by atoms with Crippen LogP contribution in [0.4, 0.5) is 0 Å². The van der Waals surface area contributed by atoms with Gasteiger partial charge in [-0.2, -0.15) is 0 Å². The first-order valence-corrected chi connectivity index (χ1v) is 4.49. The molecule has 0 aromatic heterocycles. The quantitative estimate of drug-likeness (QED) is 0.588. The SMILES string of the molecule is CC1C(=O)C=C2C(O)CCC21C. The Balaban J connectivity index is 2.43. The molecule has 3 unspecified atom stereocenters. The molecule has 0 aromatic carbocycles. The predicted molar refractivity (Wildman–Crippen MR) is 45.6 cm³/mol. The van der Waals surface area contributed by atoms with E-state index in [2.05, 4.69) is 6.92 Å². The molecule has 2 heteroatoms. The third kappa shape index (κ3) is 0.761. The van der Waals surface area contributed by atoms with Gasteiger partial charge >= 0.3 is 0 Å². The summed E-state index contributed by atoms with van der Waals surface area (Å²) in [5.41, 5.74) is 0.941. The molecule has 0 aliphatic heterocycles. The lowest BCUT2D eigenvalue weighted by Crippen LogP contribution is -2.23. The van der Waals surface area contributed by atoms with Crippen molar-refractivity contribution in [3.8, 4) is 0 Å². The van der Waals surface area contributed by atoms with E-state index in [9.17, 15) is 9.90 Å². The van der Waals surface area contributed by atoms with E-state index in [1.165, 1.54) is 0 Å². The minimum absolute atomic E-state index is 0.0312. The maximum absolute atomic E-state index is 11.4. The summed E-state index contributed by atoms with van der Waals surface area (Å²) >= 11 is 0. The van der Waals surface area contributed by atoms with Crippen molar-refractivity contribution in [2.75, 3.05) is 0 Å². The van der Waals surface area contributed by atoms with Crippen molar-refractivity contribution in [2.24, 2.45) is 11.3 Å². The topological polar surface area (TPSA) is 37.3 Å². The summed E-state index contributed by atoms with van der Waals surface area (Å²) in [5, 5.41) is 9.58. The van der Waals surface area contributed by atoms with Crippen molar-refractivity contribution in [2.45, 2.75) is 32.8 Å². The summed E-state index contributed by atoms with van der Waals surface area (Å²) in [5.74, 6) is 0.260. The van der Waals surface area contributed by atoms with E-state index < -0.39 is 0 Å². The van der Waals surface area contributed by atoms with Gasteiger partial charge < -0.3 is 5.11 Å². The fraction of sp³-hybridized carbons (Fsp3) is 0.700. The molecule has 1 fully saturated rings. The maximum atomic E-state index is 11.4. The zero-order chi connectivity index (χ0) is 8.93. The zero-order valence-electron chi connectivity index (χ0n) is 7.50. The Morgan fingerprint density at radius 2 is 2.33 bits per heavy atom. The summed E-state index contributed by atoms with van der Waals surface area (Å²) < 4.78 is 0. The highest BCUT2D eigenvalue weighted by atomic mass is 16.3. The summed E-state index contributed by atoms with van der Waals surface area (Å²) in [6, 6.07) is 0. The minimum Gasteiger partial charge on any atom is -0.389 e. The molecule has 0 aromatic rings. The Bertz CT molecular complexity index is 267. The van der Waals surface area contributed by atoms with Gasteiger partial charge in [-0.15, -0.1) is 0 Å². The second kappa shape index (κ2) is 2.19. The van der Waals surface area contributed by atoms with Gasteiger partial charge in [0.15, 0.2) is 5.78 Å². The van der Waals surface area contributed by atoms with E-state index in [1.807, 2.05) is 6.92 Å². The summed E-state index contributed by atoms with van der Waals surface area (Å²) in [4.78, 5) is 11.4. The molecule has 12 heavy (non-hydrogen) atoms. The third-order valence-electron chi connectivity index (χ3n) is 3.64. The molecular weight excluding hydrogens is 152 g/mol. The number of aliphatic hydroxyl groups excluding tert-OH is 1. The molecule has 2 aliphatic rings. The Labute approximate surface area is 72.3 Å². The number of carbonyl (C=O) groups excluding carboxylic acids is 1. The molecule has 0 radical (unpaired) electrons. The number of ketones is 1. The summed E-state index contributed by atoms with van der Waals surface area (Å²) in [6.45, 7) is 4.05. The highest BCUT2D eigenvalue weighted by molar-refractivity contribution is 5.96. The summed E-state index contributed by atoms with van der Waals surface area (Å²) in [7, 11) is 0. The van der Waals surface area contributed by atoms with E-state index in [0.717, 1.165) is 18.4 Å². The van der Waals surface area contributed by atoms with Crippen LogP contribution in [0.25, 0.3) is 0 Å². The second-order valence-corrected chi connectivity index (χ2v) is 4.20. The van der Waals surface area contributed by atoms with Gasteiger partial charge in [-0.05, 0) is 24.5 Å². The number of fused-ring (bicyclic) bond motifs is 1. The fourth-order valence-electron chi connectivity index (χ4n) is 2.44. The Kier molecular flexibility index (Phi) is 1.46. The van der Waals surface area contributed by atoms with Gasteiger partial charge in [0.1, 0.15) is 0 Å². The molecule has 2 aliphatic carbocycles. The maximum Gasteiger partial charge on any atom is 0.159 e. The van der Waals surface area contributed by atoms with Crippen LogP contribution in [-0.2, 0) is 4.79 Å². The van der Waals surface area contributed by atoms with Gasteiger partial charge in [-0.25, -0.2) is 0 Å². The largest absolute Gasteiger partial charge is 0.389 e. The van der Waals surface area contributed by atoms with Crippen LogP contribution in [0.3, 0.4) is 0 Å². The van der Waals surface area contributed by atoms with Gasteiger partial charge in [0.05, 0.1) is 6.10 Å². The van der Waals surface area contributed by atoms with Gasteiger partial charge in [0.2, 0.25) is 0 Å². The molecule has 0 heterocycles. The van der Waals surface area contributed by atoms with Crippen LogP contribution in [0.5, 0.6) is 0 Å². The standard InChI is InChI=1S/C10H14O2/c1-6-9(12)5-7-8(11)3-4-10(6,7)2/h5-6,8,11H,3-4H2,1-2H3. The third-order valence-corrected chi connectivity index (χ3v) is 3.64. The lowest BCUT2D eigenvalue weighted by atomic mass is 9.77. The Morgan fingerprint density at radius 1 is 1.67 bits per heavy atom. The molecule has 0 bridgehead atoms. The van der Waals surface area contributed by atoms with Crippen LogP contribution in [0.15, 0.2) is 11.6 Å². The average Bonchev–Trinajstić information content (AvgIpc) is 2.42. The highest BCUT2D eigenvalue weighted by Crippen LogP contribution is 2.52.